The van der Waals surface area contributed by atoms with Gasteiger partial charge < -0.3 is 20.1 Å². The first kappa shape index (κ1) is 21.3. The second kappa shape index (κ2) is 8.77. The van der Waals surface area contributed by atoms with Crippen LogP contribution >= 0.6 is 11.8 Å². The number of anilines is 1. The predicted molar refractivity (Wildman–Crippen MR) is 105 cm³/mol. The molecular formula is C18H28N4O4S. The van der Waals surface area contributed by atoms with Crippen molar-refractivity contribution in [3.05, 3.63) is 11.8 Å². The highest BCUT2D eigenvalue weighted by molar-refractivity contribution is 7.98. The zero-order chi connectivity index (χ0) is 20.2. The smallest absolute Gasteiger partial charge is 0.407 e. The van der Waals surface area contributed by atoms with Crippen LogP contribution in [0.2, 0.25) is 0 Å². The van der Waals surface area contributed by atoms with Gasteiger partial charge in [-0.2, -0.15) is 0 Å². The van der Waals surface area contributed by atoms with Crippen LogP contribution in [-0.4, -0.2) is 58.1 Å². The number of ether oxygens (including phenoxy) is 1. The number of hydrogen-bond acceptors (Lipinski definition) is 7. The highest BCUT2D eigenvalue weighted by Gasteiger charge is 2.29. The summed E-state index contributed by atoms with van der Waals surface area (Å²) >= 11 is 1.38. The van der Waals surface area contributed by atoms with Gasteiger partial charge in [0.2, 0.25) is 0 Å². The minimum Gasteiger partial charge on any atom is -0.477 e. The molecule has 0 atom stereocenters. The summed E-state index contributed by atoms with van der Waals surface area (Å²) < 4.78 is 5.31. The van der Waals surface area contributed by atoms with E-state index in [-0.39, 0.29) is 17.6 Å². The van der Waals surface area contributed by atoms with Gasteiger partial charge in [0.05, 0.1) is 0 Å². The number of alkyl carbamates (subject to hydrolysis) is 1. The van der Waals surface area contributed by atoms with Gasteiger partial charge in [-0.05, 0) is 52.7 Å². The van der Waals surface area contributed by atoms with Crippen LogP contribution in [0, 0.1) is 0 Å². The summed E-state index contributed by atoms with van der Waals surface area (Å²) in [7, 11) is 1.87. The van der Waals surface area contributed by atoms with E-state index in [1.807, 2.05) is 39.0 Å². The molecule has 1 heterocycles. The highest BCUT2D eigenvalue weighted by atomic mass is 32.2. The number of carboxylic acids is 1. The third-order valence-corrected chi connectivity index (χ3v) is 5.02. The van der Waals surface area contributed by atoms with E-state index < -0.39 is 17.7 Å². The second-order valence-corrected chi connectivity index (χ2v) is 8.44. The molecule has 9 heteroatoms. The summed E-state index contributed by atoms with van der Waals surface area (Å²) in [6.45, 7) is 5.51. The first-order chi connectivity index (χ1) is 12.6. The molecule has 1 saturated carbocycles. The topological polar surface area (TPSA) is 105 Å². The van der Waals surface area contributed by atoms with Gasteiger partial charge in [-0.1, -0.05) is 11.8 Å². The Morgan fingerprint density at radius 2 is 1.93 bits per heavy atom. The molecule has 1 fully saturated rings. The second-order valence-electron chi connectivity index (χ2n) is 7.66. The molecule has 0 aliphatic heterocycles. The molecule has 1 aromatic rings. The Labute approximate surface area is 164 Å². The third-order valence-electron chi connectivity index (χ3n) is 4.46. The Hall–Kier alpha value is -2.03. The van der Waals surface area contributed by atoms with E-state index in [1.165, 1.54) is 18.0 Å². The molecule has 1 aromatic heterocycles. The van der Waals surface area contributed by atoms with Crippen LogP contribution in [0.4, 0.5) is 10.6 Å². The predicted octanol–water partition coefficient (Wildman–Crippen LogP) is 3.17. The third kappa shape index (κ3) is 5.98. The molecule has 0 radical (unpaired) electrons. The molecule has 2 rings (SSSR count). The molecule has 1 aliphatic carbocycles. The number of thioether (sulfide) groups is 1. The Bertz CT molecular complexity index is 684. The van der Waals surface area contributed by atoms with Crippen LogP contribution in [0.25, 0.3) is 0 Å². The van der Waals surface area contributed by atoms with Crippen molar-refractivity contribution in [2.75, 3.05) is 18.2 Å². The van der Waals surface area contributed by atoms with E-state index in [2.05, 4.69) is 15.3 Å². The Balaban J connectivity index is 2.00. The number of rotatable bonds is 5. The van der Waals surface area contributed by atoms with Crippen LogP contribution in [0.3, 0.4) is 0 Å². The van der Waals surface area contributed by atoms with Crippen molar-refractivity contribution in [2.24, 2.45) is 0 Å². The van der Waals surface area contributed by atoms with E-state index in [0.717, 1.165) is 25.7 Å². The number of aromatic carboxylic acids is 1. The molecule has 0 bridgehead atoms. The number of carboxylic acid groups (broad SMARTS) is 1. The Morgan fingerprint density at radius 1 is 1.30 bits per heavy atom. The lowest BCUT2D eigenvalue weighted by atomic mass is 9.90. The van der Waals surface area contributed by atoms with E-state index >= 15 is 0 Å². The van der Waals surface area contributed by atoms with Crippen molar-refractivity contribution < 1.29 is 19.4 Å². The number of aromatic nitrogens is 2. The highest BCUT2D eigenvalue weighted by Crippen LogP contribution is 2.28. The van der Waals surface area contributed by atoms with Crippen molar-refractivity contribution in [1.29, 1.82) is 0 Å². The Kier molecular flexibility index (Phi) is 6.91. The van der Waals surface area contributed by atoms with Gasteiger partial charge >= 0.3 is 12.1 Å². The summed E-state index contributed by atoms with van der Waals surface area (Å²) in [6, 6.07) is 0.222. The van der Waals surface area contributed by atoms with E-state index in [9.17, 15) is 14.7 Å². The van der Waals surface area contributed by atoms with E-state index in [0.29, 0.717) is 11.0 Å². The lowest BCUT2D eigenvalue weighted by Gasteiger charge is -2.36. The van der Waals surface area contributed by atoms with Crippen molar-refractivity contribution in [2.45, 2.75) is 69.3 Å². The molecule has 8 nitrogen and oxygen atoms in total. The number of amides is 1. The maximum absolute atomic E-state index is 11.9. The number of nitrogens with one attached hydrogen (secondary N) is 1. The standard InChI is InChI=1S/C18H28N4O4S/c1-18(2,3)26-17(25)20-11-6-8-12(9-7-11)22(4)14-13(15(23)24)10-19-16(21-14)27-5/h10-12H,6-9H2,1-5H3,(H,20,25)(H,23,24)/t11-,12-. The molecule has 1 amide bonds. The monoisotopic (exact) mass is 396 g/mol. The molecule has 0 saturated heterocycles. The lowest BCUT2D eigenvalue weighted by Crippen LogP contribution is -2.44. The fourth-order valence-electron chi connectivity index (χ4n) is 3.13. The van der Waals surface area contributed by atoms with Gasteiger partial charge in [0, 0.05) is 25.3 Å². The van der Waals surface area contributed by atoms with Crippen LogP contribution in [0.1, 0.15) is 56.8 Å². The lowest BCUT2D eigenvalue weighted by molar-refractivity contribution is 0.0490. The zero-order valence-corrected chi connectivity index (χ0v) is 17.3. The van der Waals surface area contributed by atoms with Crippen molar-refractivity contribution >= 4 is 29.6 Å². The van der Waals surface area contributed by atoms with Crippen LogP contribution in [-0.2, 0) is 4.74 Å². The van der Waals surface area contributed by atoms with Gasteiger partial charge in [-0.15, -0.1) is 0 Å². The molecule has 150 valence electrons. The van der Waals surface area contributed by atoms with Gasteiger partial charge in [0.25, 0.3) is 0 Å². The van der Waals surface area contributed by atoms with Gasteiger partial charge in [0.15, 0.2) is 5.16 Å². The van der Waals surface area contributed by atoms with Crippen LogP contribution < -0.4 is 10.2 Å². The maximum atomic E-state index is 11.9. The van der Waals surface area contributed by atoms with E-state index in [4.69, 9.17) is 4.74 Å². The van der Waals surface area contributed by atoms with Gasteiger partial charge in [-0.3, -0.25) is 0 Å². The molecule has 2 N–H and O–H groups in total. The van der Waals surface area contributed by atoms with Crippen LogP contribution in [0.15, 0.2) is 11.4 Å². The largest absolute Gasteiger partial charge is 0.477 e. The number of hydrogen-bond donors (Lipinski definition) is 2. The minimum atomic E-state index is -1.04. The average molecular weight is 397 g/mol. The number of nitrogens with zero attached hydrogens (tertiary/aromatic N) is 3. The summed E-state index contributed by atoms with van der Waals surface area (Å²) in [5, 5.41) is 12.9. The first-order valence-corrected chi connectivity index (χ1v) is 10.2. The molecule has 0 unspecified atom stereocenters. The molecular weight excluding hydrogens is 368 g/mol. The summed E-state index contributed by atoms with van der Waals surface area (Å²) in [6.07, 6.45) is 6.08. The summed E-state index contributed by atoms with van der Waals surface area (Å²) in [4.78, 5) is 33.8. The normalized spacial score (nSPS) is 20.0. The SMILES string of the molecule is CSc1ncc(C(=O)O)c(N(C)[C@H]2CC[C@H](NC(=O)OC(C)(C)C)CC2)n1. The van der Waals surface area contributed by atoms with Gasteiger partial charge in [0.1, 0.15) is 17.0 Å². The number of carbonyl (C=O) groups is 2. The summed E-state index contributed by atoms with van der Waals surface area (Å²) in [5.74, 6) is -0.602. The molecule has 27 heavy (non-hydrogen) atoms. The quantitative estimate of drug-likeness (QED) is 0.578. The average Bonchev–Trinajstić information content (AvgIpc) is 2.59. The van der Waals surface area contributed by atoms with E-state index in [1.54, 1.807) is 0 Å². The molecule has 0 aromatic carbocycles. The van der Waals surface area contributed by atoms with Gasteiger partial charge in [-0.25, -0.2) is 19.6 Å². The molecule has 0 spiro atoms. The fourth-order valence-corrected chi connectivity index (χ4v) is 3.47. The zero-order valence-electron chi connectivity index (χ0n) is 16.5. The Morgan fingerprint density at radius 3 is 2.44 bits per heavy atom. The minimum absolute atomic E-state index is 0.0654. The number of carbonyl (C=O) groups excluding carboxylic acids is 1. The first-order valence-electron chi connectivity index (χ1n) is 8.97. The summed E-state index contributed by atoms with van der Waals surface area (Å²) in [5.41, 5.74) is -0.416. The van der Waals surface area contributed by atoms with Crippen molar-refractivity contribution in [3.8, 4) is 0 Å². The van der Waals surface area contributed by atoms with Crippen LogP contribution in [0.5, 0.6) is 0 Å². The van der Waals surface area contributed by atoms with Crippen molar-refractivity contribution in [1.82, 2.24) is 15.3 Å². The van der Waals surface area contributed by atoms with Crippen molar-refractivity contribution in [3.63, 3.8) is 0 Å². The molecule has 1 aliphatic rings. The fraction of sp³-hybridized carbons (Fsp3) is 0.667. The maximum Gasteiger partial charge on any atom is 0.407 e.